The number of benzene rings is 2. The second kappa shape index (κ2) is 9.73. The maximum Gasteiger partial charge on any atom is 0.416 e. The average Bonchev–Trinajstić information content (AvgIpc) is 3.09. The lowest BCUT2D eigenvalue weighted by atomic mass is 10.1. The molecule has 12 heteroatoms. The first kappa shape index (κ1) is 24.4. The number of alkyl halides is 3. The van der Waals surface area contributed by atoms with Gasteiger partial charge in [0.2, 0.25) is 0 Å². The summed E-state index contributed by atoms with van der Waals surface area (Å²) >= 11 is 0. The molecule has 2 N–H and O–H groups in total. The monoisotopic (exact) mass is 475 g/mol. The number of aromatic nitrogens is 2. The molecular formula is C22H20F3N5O4. The fourth-order valence-electron chi connectivity index (χ4n) is 3.31. The lowest BCUT2D eigenvalue weighted by Crippen LogP contribution is -2.34. The second-order valence-corrected chi connectivity index (χ2v) is 7.32. The number of nitro groups is 1. The third-order valence-electron chi connectivity index (χ3n) is 4.96. The first-order chi connectivity index (χ1) is 16.0. The molecule has 2 aromatic carbocycles. The van der Waals surface area contributed by atoms with Crippen molar-refractivity contribution in [2.75, 3.05) is 18.4 Å². The van der Waals surface area contributed by atoms with Crippen LogP contribution in [0.5, 0.6) is 0 Å². The fourth-order valence-corrected chi connectivity index (χ4v) is 3.31. The van der Waals surface area contributed by atoms with Gasteiger partial charge in [-0.25, -0.2) is 4.68 Å². The number of aryl methyl sites for hydroxylation is 1. The molecular weight excluding hydrogens is 455 g/mol. The number of ketones is 1. The van der Waals surface area contributed by atoms with Crippen LogP contribution in [0.25, 0.3) is 5.69 Å². The minimum absolute atomic E-state index is 0.0123. The second-order valence-electron chi connectivity index (χ2n) is 7.32. The SMILES string of the molecule is Cc1nn(-c2cccc(C(F)(F)F)c2)c(C)c1C(=O)C(=O)NCCNc1ccc([N+](=O)[O-])cc1. The van der Waals surface area contributed by atoms with Crippen molar-refractivity contribution in [1.29, 1.82) is 0 Å². The summed E-state index contributed by atoms with van der Waals surface area (Å²) in [5.74, 6) is -1.75. The Labute approximate surface area is 191 Å². The van der Waals surface area contributed by atoms with Gasteiger partial charge in [0.15, 0.2) is 0 Å². The van der Waals surface area contributed by atoms with Crippen molar-refractivity contribution in [2.45, 2.75) is 20.0 Å². The number of Topliss-reactive ketones (excluding diaryl/α,β-unsaturated/α-hetero) is 1. The van der Waals surface area contributed by atoms with Crippen molar-refractivity contribution in [3.8, 4) is 5.69 Å². The summed E-state index contributed by atoms with van der Waals surface area (Å²) in [6.07, 6.45) is -4.53. The molecule has 0 radical (unpaired) electrons. The summed E-state index contributed by atoms with van der Waals surface area (Å²) < 4.78 is 40.3. The minimum Gasteiger partial charge on any atom is -0.383 e. The molecule has 9 nitrogen and oxygen atoms in total. The summed E-state index contributed by atoms with van der Waals surface area (Å²) in [4.78, 5) is 35.2. The largest absolute Gasteiger partial charge is 0.416 e. The molecule has 0 unspecified atom stereocenters. The number of amides is 1. The van der Waals surface area contributed by atoms with E-state index in [1.165, 1.54) is 54.9 Å². The summed E-state index contributed by atoms with van der Waals surface area (Å²) in [6, 6.07) is 10.2. The first-order valence-electron chi connectivity index (χ1n) is 10.0. The van der Waals surface area contributed by atoms with Crippen molar-refractivity contribution in [1.82, 2.24) is 15.1 Å². The number of hydrogen-bond donors (Lipinski definition) is 2. The third kappa shape index (κ3) is 5.39. The van der Waals surface area contributed by atoms with E-state index in [0.29, 0.717) is 5.69 Å². The van der Waals surface area contributed by atoms with Gasteiger partial charge in [0.1, 0.15) is 0 Å². The van der Waals surface area contributed by atoms with Crippen LogP contribution in [0.1, 0.15) is 27.3 Å². The van der Waals surface area contributed by atoms with Crippen LogP contribution in [0.3, 0.4) is 0 Å². The van der Waals surface area contributed by atoms with Crippen LogP contribution in [-0.4, -0.2) is 39.5 Å². The van der Waals surface area contributed by atoms with Gasteiger partial charge in [0.25, 0.3) is 17.4 Å². The Bertz CT molecular complexity index is 1240. The molecule has 1 heterocycles. The van der Waals surface area contributed by atoms with Gasteiger partial charge in [-0.3, -0.25) is 19.7 Å². The Balaban J connectivity index is 1.65. The Morgan fingerprint density at radius 3 is 2.38 bits per heavy atom. The van der Waals surface area contributed by atoms with Crippen molar-refractivity contribution >= 4 is 23.1 Å². The molecule has 1 aromatic heterocycles. The number of hydrogen-bond acceptors (Lipinski definition) is 6. The molecule has 0 bridgehead atoms. The lowest BCUT2D eigenvalue weighted by Gasteiger charge is -2.10. The molecule has 0 aliphatic heterocycles. The highest BCUT2D eigenvalue weighted by Crippen LogP contribution is 2.31. The Morgan fingerprint density at radius 1 is 1.09 bits per heavy atom. The average molecular weight is 475 g/mol. The van der Waals surface area contributed by atoms with Gasteiger partial charge in [0.05, 0.1) is 33.1 Å². The van der Waals surface area contributed by atoms with Gasteiger partial charge in [-0.05, 0) is 44.2 Å². The van der Waals surface area contributed by atoms with E-state index in [-0.39, 0.29) is 41.4 Å². The van der Waals surface area contributed by atoms with Crippen LogP contribution in [0.4, 0.5) is 24.5 Å². The van der Waals surface area contributed by atoms with Crippen LogP contribution < -0.4 is 10.6 Å². The molecule has 0 aliphatic rings. The number of nitrogens with one attached hydrogen (secondary N) is 2. The maximum absolute atomic E-state index is 13.0. The highest BCUT2D eigenvalue weighted by molar-refractivity contribution is 6.43. The smallest absolute Gasteiger partial charge is 0.383 e. The van der Waals surface area contributed by atoms with Crippen molar-refractivity contribution in [2.24, 2.45) is 0 Å². The summed E-state index contributed by atoms with van der Waals surface area (Å²) in [6.45, 7) is 3.32. The van der Waals surface area contributed by atoms with Gasteiger partial charge in [0, 0.05) is 30.9 Å². The summed E-state index contributed by atoms with van der Waals surface area (Å²) in [5.41, 5.74) is 0.255. The maximum atomic E-state index is 13.0. The number of anilines is 1. The topological polar surface area (TPSA) is 119 Å². The lowest BCUT2D eigenvalue weighted by molar-refractivity contribution is -0.384. The van der Waals surface area contributed by atoms with E-state index in [0.717, 1.165) is 12.1 Å². The normalized spacial score (nSPS) is 11.2. The van der Waals surface area contributed by atoms with E-state index in [1.807, 2.05) is 0 Å². The predicted octanol–water partition coefficient (Wildman–Crippen LogP) is 3.83. The fraction of sp³-hybridized carbons (Fsp3) is 0.227. The van der Waals surface area contributed by atoms with E-state index in [4.69, 9.17) is 0 Å². The zero-order valence-corrected chi connectivity index (χ0v) is 18.1. The highest BCUT2D eigenvalue weighted by Gasteiger charge is 2.31. The Morgan fingerprint density at radius 2 is 1.76 bits per heavy atom. The predicted molar refractivity (Wildman–Crippen MR) is 117 cm³/mol. The van der Waals surface area contributed by atoms with E-state index < -0.39 is 28.4 Å². The molecule has 3 aromatic rings. The third-order valence-corrected chi connectivity index (χ3v) is 4.96. The van der Waals surface area contributed by atoms with E-state index in [9.17, 15) is 32.9 Å². The van der Waals surface area contributed by atoms with Crippen LogP contribution in [-0.2, 0) is 11.0 Å². The summed E-state index contributed by atoms with van der Waals surface area (Å²) in [7, 11) is 0. The number of non-ortho nitro benzene ring substituents is 1. The van der Waals surface area contributed by atoms with Gasteiger partial charge in [-0.1, -0.05) is 6.07 Å². The molecule has 0 aliphatic carbocycles. The highest BCUT2D eigenvalue weighted by atomic mass is 19.4. The van der Waals surface area contributed by atoms with Crippen molar-refractivity contribution in [3.05, 3.63) is 81.2 Å². The zero-order valence-electron chi connectivity index (χ0n) is 18.1. The number of nitro benzene ring substituents is 1. The standard InChI is InChI=1S/C22H20F3N5O4/c1-13-19(14(2)29(28-13)18-5-3-4-15(12-18)22(23,24)25)20(31)21(32)27-11-10-26-16-6-8-17(9-7-16)30(33)34/h3-9,12,26H,10-11H2,1-2H3,(H,27,32). The quantitative estimate of drug-likeness (QED) is 0.168. The molecule has 0 saturated heterocycles. The Hall–Kier alpha value is -4.22. The number of carbonyl (C=O) groups is 2. The van der Waals surface area contributed by atoms with Gasteiger partial charge < -0.3 is 10.6 Å². The van der Waals surface area contributed by atoms with Crippen LogP contribution in [0.15, 0.2) is 48.5 Å². The van der Waals surface area contributed by atoms with Crippen LogP contribution in [0, 0.1) is 24.0 Å². The van der Waals surface area contributed by atoms with Gasteiger partial charge in [-0.2, -0.15) is 18.3 Å². The molecule has 0 fully saturated rings. The number of rotatable bonds is 8. The molecule has 178 valence electrons. The molecule has 0 atom stereocenters. The summed E-state index contributed by atoms with van der Waals surface area (Å²) in [5, 5.41) is 20.2. The van der Waals surface area contributed by atoms with Crippen molar-refractivity contribution in [3.63, 3.8) is 0 Å². The first-order valence-corrected chi connectivity index (χ1v) is 10.0. The minimum atomic E-state index is -4.53. The molecule has 0 saturated carbocycles. The number of carbonyl (C=O) groups excluding carboxylic acids is 2. The molecule has 34 heavy (non-hydrogen) atoms. The molecule has 1 amide bonds. The van der Waals surface area contributed by atoms with E-state index in [1.54, 1.807) is 0 Å². The van der Waals surface area contributed by atoms with Crippen molar-refractivity contribution < 1.29 is 27.7 Å². The van der Waals surface area contributed by atoms with E-state index in [2.05, 4.69) is 15.7 Å². The number of nitrogens with zero attached hydrogens (tertiary/aromatic N) is 3. The number of halogens is 3. The zero-order chi connectivity index (χ0) is 25.0. The van der Waals surface area contributed by atoms with Crippen LogP contribution >= 0.6 is 0 Å². The molecule has 3 rings (SSSR count). The Kier molecular flexibility index (Phi) is 6.99. The molecule has 0 spiro atoms. The van der Waals surface area contributed by atoms with Crippen LogP contribution in [0.2, 0.25) is 0 Å². The van der Waals surface area contributed by atoms with Gasteiger partial charge >= 0.3 is 6.18 Å². The van der Waals surface area contributed by atoms with E-state index >= 15 is 0 Å². The van der Waals surface area contributed by atoms with Gasteiger partial charge in [-0.15, -0.1) is 0 Å².